The Morgan fingerprint density at radius 1 is 1.31 bits per heavy atom. The molecule has 2 amide bonds. The fraction of sp³-hybridized carbons (Fsp3) is 0.263. The molecule has 0 saturated carbocycles. The highest BCUT2D eigenvalue weighted by atomic mass is 19.1. The summed E-state index contributed by atoms with van der Waals surface area (Å²) >= 11 is 0. The zero-order valence-electron chi connectivity index (χ0n) is 14.3. The van der Waals surface area contributed by atoms with E-state index in [1.807, 2.05) is 12.1 Å². The second-order valence-electron chi connectivity index (χ2n) is 5.86. The van der Waals surface area contributed by atoms with E-state index in [0.29, 0.717) is 23.5 Å². The van der Waals surface area contributed by atoms with E-state index in [-0.39, 0.29) is 31.1 Å². The highest BCUT2D eigenvalue weighted by Gasteiger charge is 2.28. The quantitative estimate of drug-likeness (QED) is 0.888. The van der Waals surface area contributed by atoms with Gasteiger partial charge in [-0.3, -0.25) is 9.59 Å². The number of benzene rings is 2. The Hall–Kier alpha value is -2.93. The smallest absolute Gasteiger partial charge is 0.253 e. The number of nitrogens with one attached hydrogen (secondary N) is 1. The highest BCUT2D eigenvalue weighted by Crippen LogP contribution is 2.23. The number of amides is 2. The van der Waals surface area contributed by atoms with Crippen LogP contribution in [0.5, 0.6) is 5.75 Å². The molecule has 1 N–H and O–H groups in total. The Morgan fingerprint density at radius 2 is 2.08 bits per heavy atom. The number of methoxy groups -OCH3 is 1. The van der Waals surface area contributed by atoms with Gasteiger partial charge >= 0.3 is 0 Å². The summed E-state index contributed by atoms with van der Waals surface area (Å²) in [6.45, 7) is 0.494. The van der Waals surface area contributed by atoms with Crippen LogP contribution in [0, 0.1) is 5.82 Å². The minimum absolute atomic E-state index is 0.0612. The lowest BCUT2D eigenvalue weighted by Gasteiger charge is -2.33. The van der Waals surface area contributed by atoms with E-state index in [0.717, 1.165) is 0 Å². The Bertz CT molecular complexity index is 794. The summed E-state index contributed by atoms with van der Waals surface area (Å²) in [7, 11) is 1.56. The Balaban J connectivity index is 1.61. The molecule has 7 heteroatoms. The minimum Gasteiger partial charge on any atom is -0.497 e. The Labute approximate surface area is 150 Å². The van der Waals surface area contributed by atoms with Crippen molar-refractivity contribution in [2.45, 2.75) is 6.10 Å². The molecule has 1 unspecified atom stereocenters. The van der Waals surface area contributed by atoms with Gasteiger partial charge in [-0.15, -0.1) is 0 Å². The third-order valence-corrected chi connectivity index (χ3v) is 4.09. The molecule has 2 aromatic rings. The standard InChI is InChI=1S/C19H19FN2O4/c1-25-16-4-2-3-15(9-16)22-11-17(26-12-18(22)23)10-21-19(24)13-5-7-14(20)8-6-13/h2-9,17H,10-12H2,1H3,(H,21,24). The van der Waals surface area contributed by atoms with Crippen LogP contribution < -0.4 is 15.0 Å². The first kappa shape index (κ1) is 17.9. The van der Waals surface area contributed by atoms with Crippen molar-refractivity contribution in [2.75, 3.05) is 31.7 Å². The van der Waals surface area contributed by atoms with Crippen molar-refractivity contribution in [1.29, 1.82) is 0 Å². The number of morpholine rings is 1. The zero-order chi connectivity index (χ0) is 18.5. The van der Waals surface area contributed by atoms with Crippen LogP contribution in [0.15, 0.2) is 48.5 Å². The van der Waals surface area contributed by atoms with Gasteiger partial charge in [0, 0.05) is 23.9 Å². The number of carbonyl (C=O) groups excluding carboxylic acids is 2. The SMILES string of the molecule is COc1cccc(N2CC(CNC(=O)c3ccc(F)cc3)OCC2=O)c1. The second-order valence-corrected chi connectivity index (χ2v) is 5.86. The number of anilines is 1. The van der Waals surface area contributed by atoms with Crippen molar-refractivity contribution in [3.8, 4) is 5.75 Å². The van der Waals surface area contributed by atoms with Gasteiger partial charge in [-0.1, -0.05) is 6.07 Å². The summed E-state index contributed by atoms with van der Waals surface area (Å²) in [5, 5.41) is 2.75. The van der Waals surface area contributed by atoms with Crippen molar-refractivity contribution in [3.05, 3.63) is 59.9 Å². The second kappa shape index (κ2) is 7.97. The summed E-state index contributed by atoms with van der Waals surface area (Å²) in [6, 6.07) is 12.5. The monoisotopic (exact) mass is 358 g/mol. The molecule has 1 fully saturated rings. The molecule has 0 aromatic heterocycles. The van der Waals surface area contributed by atoms with Gasteiger partial charge < -0.3 is 19.7 Å². The maximum atomic E-state index is 12.9. The predicted octanol–water partition coefficient (Wildman–Crippen LogP) is 2.00. The third-order valence-electron chi connectivity index (χ3n) is 4.09. The van der Waals surface area contributed by atoms with E-state index in [4.69, 9.17) is 9.47 Å². The zero-order valence-corrected chi connectivity index (χ0v) is 14.3. The maximum Gasteiger partial charge on any atom is 0.253 e. The van der Waals surface area contributed by atoms with Crippen LogP contribution in [-0.2, 0) is 9.53 Å². The fourth-order valence-electron chi connectivity index (χ4n) is 2.69. The van der Waals surface area contributed by atoms with Crippen LogP contribution >= 0.6 is 0 Å². The number of hydrogen-bond acceptors (Lipinski definition) is 4. The summed E-state index contributed by atoms with van der Waals surface area (Å²) in [5.74, 6) is -0.217. The van der Waals surface area contributed by atoms with E-state index in [2.05, 4.69) is 5.32 Å². The molecule has 0 spiro atoms. The van der Waals surface area contributed by atoms with Crippen LogP contribution in [0.25, 0.3) is 0 Å². The fourth-order valence-corrected chi connectivity index (χ4v) is 2.69. The van der Waals surface area contributed by atoms with Gasteiger partial charge in [0.05, 0.1) is 19.8 Å². The molecule has 1 aliphatic rings. The molecule has 6 nitrogen and oxygen atoms in total. The van der Waals surface area contributed by atoms with E-state index in [9.17, 15) is 14.0 Å². The van der Waals surface area contributed by atoms with Crippen molar-refractivity contribution >= 4 is 17.5 Å². The molecule has 0 bridgehead atoms. The van der Waals surface area contributed by atoms with Gasteiger partial charge in [0.15, 0.2) is 0 Å². The van der Waals surface area contributed by atoms with Crippen LogP contribution in [0.1, 0.15) is 10.4 Å². The molecule has 1 saturated heterocycles. The Kier molecular flexibility index (Phi) is 5.48. The highest BCUT2D eigenvalue weighted by molar-refractivity contribution is 5.95. The van der Waals surface area contributed by atoms with E-state index < -0.39 is 5.82 Å². The Morgan fingerprint density at radius 3 is 2.81 bits per heavy atom. The van der Waals surface area contributed by atoms with Gasteiger partial charge in [-0.25, -0.2) is 4.39 Å². The number of rotatable bonds is 5. The van der Waals surface area contributed by atoms with Gasteiger partial charge in [-0.2, -0.15) is 0 Å². The lowest BCUT2D eigenvalue weighted by Crippen LogP contribution is -2.50. The number of halogens is 1. The van der Waals surface area contributed by atoms with Crippen molar-refractivity contribution in [1.82, 2.24) is 5.32 Å². The lowest BCUT2D eigenvalue weighted by atomic mass is 10.2. The van der Waals surface area contributed by atoms with Crippen molar-refractivity contribution in [2.24, 2.45) is 0 Å². The predicted molar refractivity (Wildman–Crippen MR) is 93.8 cm³/mol. The lowest BCUT2D eigenvalue weighted by molar-refractivity contribution is -0.129. The molecule has 136 valence electrons. The molecule has 1 atom stereocenters. The molecule has 1 heterocycles. The van der Waals surface area contributed by atoms with Gasteiger partial charge in [0.2, 0.25) is 0 Å². The molecule has 0 aliphatic carbocycles. The number of ether oxygens (including phenoxy) is 2. The number of hydrogen-bond donors (Lipinski definition) is 1. The van der Waals surface area contributed by atoms with Gasteiger partial charge in [-0.05, 0) is 36.4 Å². The third kappa shape index (κ3) is 4.18. The van der Waals surface area contributed by atoms with Crippen molar-refractivity contribution in [3.63, 3.8) is 0 Å². The van der Waals surface area contributed by atoms with E-state index in [1.54, 1.807) is 24.1 Å². The summed E-state index contributed by atoms with van der Waals surface area (Å²) in [4.78, 5) is 25.9. The van der Waals surface area contributed by atoms with E-state index in [1.165, 1.54) is 24.3 Å². The van der Waals surface area contributed by atoms with Gasteiger partial charge in [0.1, 0.15) is 18.2 Å². The number of carbonyl (C=O) groups is 2. The van der Waals surface area contributed by atoms with Crippen LogP contribution in [0.4, 0.5) is 10.1 Å². The molecule has 1 aliphatic heterocycles. The molecule has 0 radical (unpaired) electrons. The summed E-state index contributed by atoms with van der Waals surface area (Å²) < 4.78 is 23.6. The van der Waals surface area contributed by atoms with Gasteiger partial charge in [0.25, 0.3) is 11.8 Å². The first-order valence-corrected chi connectivity index (χ1v) is 8.16. The molecular weight excluding hydrogens is 339 g/mol. The first-order chi connectivity index (χ1) is 12.6. The number of nitrogens with zero attached hydrogens (tertiary/aromatic N) is 1. The largest absolute Gasteiger partial charge is 0.497 e. The van der Waals surface area contributed by atoms with Crippen LogP contribution in [0.3, 0.4) is 0 Å². The summed E-state index contributed by atoms with van der Waals surface area (Å²) in [6.07, 6.45) is -0.344. The van der Waals surface area contributed by atoms with Crippen molar-refractivity contribution < 1.29 is 23.5 Å². The topological polar surface area (TPSA) is 67.9 Å². The minimum atomic E-state index is -0.399. The molecule has 26 heavy (non-hydrogen) atoms. The first-order valence-electron chi connectivity index (χ1n) is 8.16. The molecule has 3 rings (SSSR count). The molecular formula is C19H19FN2O4. The normalized spacial score (nSPS) is 17.1. The van der Waals surface area contributed by atoms with E-state index >= 15 is 0 Å². The summed E-state index contributed by atoms with van der Waals surface area (Å²) in [5.41, 5.74) is 1.08. The molecule has 2 aromatic carbocycles. The average Bonchev–Trinajstić information content (AvgIpc) is 2.67. The van der Waals surface area contributed by atoms with Crippen LogP contribution in [-0.4, -0.2) is 44.7 Å². The average molecular weight is 358 g/mol. The maximum absolute atomic E-state index is 12.9. The van der Waals surface area contributed by atoms with Crippen LogP contribution in [0.2, 0.25) is 0 Å².